The molecule has 0 aliphatic heterocycles. The van der Waals surface area contributed by atoms with Crippen LogP contribution in [0.25, 0.3) is 0 Å². The van der Waals surface area contributed by atoms with E-state index in [0.29, 0.717) is 5.56 Å². The highest BCUT2D eigenvalue weighted by atomic mass is 19.1. The molecule has 0 heterocycles. The maximum atomic E-state index is 14.0. The highest BCUT2D eigenvalue weighted by molar-refractivity contribution is 5.72. The summed E-state index contributed by atoms with van der Waals surface area (Å²) in [7, 11) is 0. The van der Waals surface area contributed by atoms with Crippen LogP contribution in [0.4, 0.5) is 10.1 Å². The van der Waals surface area contributed by atoms with E-state index in [-0.39, 0.29) is 23.7 Å². The number of nitrogens with one attached hydrogen (secondary N) is 1. The lowest BCUT2D eigenvalue weighted by atomic mass is 10.0. The van der Waals surface area contributed by atoms with Gasteiger partial charge in [-0.05, 0) is 37.3 Å². The molecule has 2 rings (SSSR count). The van der Waals surface area contributed by atoms with Crippen molar-refractivity contribution in [1.29, 1.82) is 5.26 Å². The van der Waals surface area contributed by atoms with E-state index in [9.17, 15) is 9.18 Å². The van der Waals surface area contributed by atoms with Crippen LogP contribution in [0.15, 0.2) is 12.1 Å². The molecule has 0 aromatic heterocycles. The number of hydrogen-bond donors (Lipinski definition) is 2. The number of hydrogen-bond acceptors (Lipinski definition) is 3. The Morgan fingerprint density at radius 3 is 2.84 bits per heavy atom. The molecule has 19 heavy (non-hydrogen) atoms. The van der Waals surface area contributed by atoms with Gasteiger partial charge >= 0.3 is 5.97 Å². The van der Waals surface area contributed by atoms with Gasteiger partial charge in [0, 0.05) is 6.54 Å². The second-order valence-electron chi connectivity index (χ2n) is 4.89. The van der Waals surface area contributed by atoms with Crippen molar-refractivity contribution in [1.82, 2.24) is 0 Å². The van der Waals surface area contributed by atoms with Gasteiger partial charge in [-0.2, -0.15) is 5.26 Å². The molecule has 4 nitrogen and oxygen atoms in total. The summed E-state index contributed by atoms with van der Waals surface area (Å²) in [4.78, 5) is 11.1. The van der Waals surface area contributed by atoms with Gasteiger partial charge in [-0.25, -0.2) is 4.39 Å². The Morgan fingerprint density at radius 2 is 2.32 bits per heavy atom. The standard InChI is InChI=1S/C14H15FN2O2/c1-8-2-3-10(6-16)12(15)13(8)17-7-11(14(18)19)9-4-5-9/h2-3,9,11,17H,4-5,7H2,1H3,(H,18,19). The third-order valence-corrected chi connectivity index (χ3v) is 3.48. The van der Waals surface area contributed by atoms with Crippen molar-refractivity contribution in [2.24, 2.45) is 11.8 Å². The average molecular weight is 262 g/mol. The molecular weight excluding hydrogens is 247 g/mol. The number of carbonyl (C=O) groups is 1. The molecule has 100 valence electrons. The van der Waals surface area contributed by atoms with E-state index >= 15 is 0 Å². The van der Waals surface area contributed by atoms with Gasteiger partial charge in [0.05, 0.1) is 17.2 Å². The fraction of sp³-hybridized carbons (Fsp3) is 0.429. The molecule has 1 aromatic carbocycles. The number of carboxylic acids is 1. The Labute approximate surface area is 110 Å². The van der Waals surface area contributed by atoms with Gasteiger partial charge in [-0.3, -0.25) is 4.79 Å². The van der Waals surface area contributed by atoms with Crippen LogP contribution in [-0.2, 0) is 4.79 Å². The van der Waals surface area contributed by atoms with Gasteiger partial charge in [-0.15, -0.1) is 0 Å². The number of benzene rings is 1. The van der Waals surface area contributed by atoms with Crippen molar-refractivity contribution < 1.29 is 14.3 Å². The maximum Gasteiger partial charge on any atom is 0.308 e. The lowest BCUT2D eigenvalue weighted by Gasteiger charge is -2.16. The topological polar surface area (TPSA) is 73.1 Å². The van der Waals surface area contributed by atoms with Crippen LogP contribution in [0.3, 0.4) is 0 Å². The molecule has 1 fully saturated rings. The largest absolute Gasteiger partial charge is 0.481 e. The maximum absolute atomic E-state index is 14.0. The number of carboxylic acid groups (broad SMARTS) is 1. The van der Waals surface area contributed by atoms with E-state index in [4.69, 9.17) is 10.4 Å². The second kappa shape index (κ2) is 5.27. The van der Waals surface area contributed by atoms with Crippen LogP contribution in [0.5, 0.6) is 0 Å². The molecule has 1 unspecified atom stereocenters. The molecule has 1 aliphatic rings. The minimum absolute atomic E-state index is 0.0357. The van der Waals surface area contributed by atoms with Gasteiger partial charge in [0.1, 0.15) is 6.07 Å². The molecule has 1 atom stereocenters. The van der Waals surface area contributed by atoms with E-state index in [1.54, 1.807) is 19.1 Å². The van der Waals surface area contributed by atoms with Crippen LogP contribution in [0.1, 0.15) is 24.0 Å². The SMILES string of the molecule is Cc1ccc(C#N)c(F)c1NCC(C(=O)O)C1CC1. The van der Waals surface area contributed by atoms with Crippen LogP contribution >= 0.6 is 0 Å². The van der Waals surface area contributed by atoms with Crippen molar-refractivity contribution in [3.63, 3.8) is 0 Å². The first-order valence-corrected chi connectivity index (χ1v) is 6.20. The number of anilines is 1. The Kier molecular flexibility index (Phi) is 3.70. The quantitative estimate of drug-likeness (QED) is 0.855. The van der Waals surface area contributed by atoms with E-state index in [2.05, 4.69) is 5.32 Å². The number of aliphatic carboxylic acids is 1. The summed E-state index contributed by atoms with van der Waals surface area (Å²) >= 11 is 0. The van der Waals surface area contributed by atoms with Gasteiger partial charge in [0.2, 0.25) is 0 Å². The van der Waals surface area contributed by atoms with Crippen molar-refractivity contribution >= 4 is 11.7 Å². The first-order chi connectivity index (χ1) is 9.04. The monoisotopic (exact) mass is 262 g/mol. The zero-order chi connectivity index (χ0) is 14.0. The fourth-order valence-electron chi connectivity index (χ4n) is 2.14. The Hall–Kier alpha value is -2.09. The smallest absolute Gasteiger partial charge is 0.308 e. The summed E-state index contributed by atoms with van der Waals surface area (Å²) in [5.74, 6) is -1.77. The van der Waals surface area contributed by atoms with Gasteiger partial charge in [-0.1, -0.05) is 6.07 Å². The Balaban J connectivity index is 2.15. The highest BCUT2D eigenvalue weighted by Gasteiger charge is 2.36. The first kappa shape index (κ1) is 13.3. The molecule has 0 bridgehead atoms. The summed E-state index contributed by atoms with van der Waals surface area (Å²) in [6, 6.07) is 4.85. The molecule has 0 saturated heterocycles. The third kappa shape index (κ3) is 2.84. The van der Waals surface area contributed by atoms with E-state index < -0.39 is 17.7 Å². The minimum Gasteiger partial charge on any atom is -0.481 e. The zero-order valence-corrected chi connectivity index (χ0v) is 10.6. The minimum atomic E-state index is -0.857. The molecule has 0 spiro atoms. The molecule has 1 aliphatic carbocycles. The van der Waals surface area contributed by atoms with Gasteiger partial charge in [0.25, 0.3) is 0 Å². The molecular formula is C14H15FN2O2. The van der Waals surface area contributed by atoms with Crippen molar-refractivity contribution in [2.45, 2.75) is 19.8 Å². The molecule has 5 heteroatoms. The van der Waals surface area contributed by atoms with Crippen molar-refractivity contribution in [3.05, 3.63) is 29.1 Å². The average Bonchev–Trinajstić information content (AvgIpc) is 3.17. The molecule has 0 amide bonds. The number of nitriles is 1. The Bertz CT molecular complexity index is 547. The summed E-state index contributed by atoms with van der Waals surface area (Å²) in [5.41, 5.74) is 0.855. The van der Waals surface area contributed by atoms with E-state index in [1.807, 2.05) is 0 Å². The Morgan fingerprint density at radius 1 is 1.63 bits per heavy atom. The lowest BCUT2D eigenvalue weighted by Crippen LogP contribution is -2.25. The normalized spacial score (nSPS) is 15.6. The van der Waals surface area contributed by atoms with Crippen molar-refractivity contribution in [3.8, 4) is 6.07 Å². The summed E-state index contributed by atoms with van der Waals surface area (Å²) in [6.07, 6.45) is 1.83. The summed E-state index contributed by atoms with van der Waals surface area (Å²) in [6.45, 7) is 1.91. The predicted molar refractivity (Wildman–Crippen MR) is 68.2 cm³/mol. The molecule has 1 aromatic rings. The third-order valence-electron chi connectivity index (χ3n) is 3.48. The van der Waals surface area contributed by atoms with Crippen LogP contribution in [0.2, 0.25) is 0 Å². The van der Waals surface area contributed by atoms with E-state index in [0.717, 1.165) is 12.8 Å². The summed E-state index contributed by atoms with van der Waals surface area (Å²) in [5, 5.41) is 20.8. The number of nitrogens with zero attached hydrogens (tertiary/aromatic N) is 1. The predicted octanol–water partition coefficient (Wildman–Crippen LogP) is 2.53. The lowest BCUT2D eigenvalue weighted by molar-refractivity contribution is -0.141. The zero-order valence-electron chi connectivity index (χ0n) is 10.6. The van der Waals surface area contributed by atoms with Crippen molar-refractivity contribution in [2.75, 3.05) is 11.9 Å². The highest BCUT2D eigenvalue weighted by Crippen LogP contribution is 2.37. The summed E-state index contributed by atoms with van der Waals surface area (Å²) < 4.78 is 14.0. The molecule has 0 radical (unpaired) electrons. The van der Waals surface area contributed by atoms with Crippen LogP contribution < -0.4 is 5.32 Å². The van der Waals surface area contributed by atoms with Gasteiger partial charge in [0.15, 0.2) is 5.82 Å². The van der Waals surface area contributed by atoms with Crippen LogP contribution in [-0.4, -0.2) is 17.6 Å². The van der Waals surface area contributed by atoms with Gasteiger partial charge < -0.3 is 10.4 Å². The molecule has 2 N–H and O–H groups in total. The fourth-order valence-corrected chi connectivity index (χ4v) is 2.14. The van der Waals surface area contributed by atoms with Crippen LogP contribution in [0, 0.1) is 35.9 Å². The van der Waals surface area contributed by atoms with E-state index in [1.165, 1.54) is 6.07 Å². The number of halogens is 1. The molecule has 1 saturated carbocycles. The number of aryl methyl sites for hydroxylation is 1. The number of rotatable bonds is 5. The second-order valence-corrected chi connectivity index (χ2v) is 4.89. The first-order valence-electron chi connectivity index (χ1n) is 6.20.